The molecule has 7 heteroatoms. The van der Waals surface area contributed by atoms with Gasteiger partial charge in [0.25, 0.3) is 5.91 Å². The van der Waals surface area contributed by atoms with Crippen molar-refractivity contribution in [2.45, 2.75) is 31.6 Å². The summed E-state index contributed by atoms with van der Waals surface area (Å²) in [5, 5.41) is 0. The number of fused-ring (bicyclic) bond motifs is 1. The van der Waals surface area contributed by atoms with Crippen LogP contribution in [0.1, 0.15) is 34.3 Å². The Balaban J connectivity index is 1.46. The molecular weight excluding hydrogens is 393 g/mol. The molecule has 0 unspecified atom stereocenters. The molecule has 0 radical (unpaired) electrons. The number of nitrogens with zero attached hydrogens (tertiary/aromatic N) is 2. The molecule has 0 spiro atoms. The topological polar surface area (TPSA) is 32.8 Å². The van der Waals surface area contributed by atoms with E-state index in [-0.39, 0.29) is 17.5 Å². The van der Waals surface area contributed by atoms with Crippen LogP contribution in [-0.2, 0) is 12.7 Å². The second kappa shape index (κ2) is 8.30. The van der Waals surface area contributed by atoms with Crippen molar-refractivity contribution in [3.63, 3.8) is 0 Å². The number of hydrogen-bond donors (Lipinski definition) is 0. The van der Waals surface area contributed by atoms with Gasteiger partial charge >= 0.3 is 6.18 Å². The minimum absolute atomic E-state index is 0.102. The fourth-order valence-corrected chi connectivity index (χ4v) is 4.61. The molecule has 2 saturated heterocycles. The Kier molecular flexibility index (Phi) is 5.73. The number of amides is 1. The van der Waals surface area contributed by atoms with Gasteiger partial charge in [0.15, 0.2) is 0 Å². The van der Waals surface area contributed by atoms with Gasteiger partial charge in [-0.3, -0.25) is 9.69 Å². The van der Waals surface area contributed by atoms with E-state index in [2.05, 4.69) is 4.90 Å². The van der Waals surface area contributed by atoms with Crippen LogP contribution in [0.25, 0.3) is 0 Å². The number of likely N-dealkylation sites (tertiary alicyclic amines) is 2. The van der Waals surface area contributed by atoms with Crippen LogP contribution < -0.4 is 4.74 Å². The number of halogens is 3. The molecule has 0 N–H and O–H groups in total. The molecule has 0 aliphatic carbocycles. The lowest BCUT2D eigenvalue weighted by molar-refractivity contribution is -0.137. The molecule has 0 saturated carbocycles. The van der Waals surface area contributed by atoms with Gasteiger partial charge in [0, 0.05) is 31.2 Å². The molecule has 4 nitrogen and oxygen atoms in total. The Bertz CT molecular complexity index is 898. The second-order valence-electron chi connectivity index (χ2n) is 8.08. The molecular formula is C23H25F3N2O2. The Hall–Kier alpha value is -2.54. The summed E-state index contributed by atoms with van der Waals surface area (Å²) in [6.07, 6.45) is -2.36. The fourth-order valence-electron chi connectivity index (χ4n) is 4.61. The fraction of sp³-hybridized carbons (Fsp3) is 0.435. The van der Waals surface area contributed by atoms with Crippen LogP contribution in [0.15, 0.2) is 48.5 Å². The summed E-state index contributed by atoms with van der Waals surface area (Å²) < 4.78 is 44.3. The van der Waals surface area contributed by atoms with Gasteiger partial charge in [0.2, 0.25) is 0 Å². The second-order valence-corrected chi connectivity index (χ2v) is 8.08. The molecule has 0 bridgehead atoms. The lowest BCUT2D eigenvalue weighted by Gasteiger charge is -2.36. The maximum atomic E-state index is 13.0. The van der Waals surface area contributed by atoms with Gasteiger partial charge in [0.05, 0.1) is 12.7 Å². The van der Waals surface area contributed by atoms with E-state index in [9.17, 15) is 18.0 Å². The molecule has 0 aromatic heterocycles. The lowest BCUT2D eigenvalue weighted by atomic mass is 9.91. The monoisotopic (exact) mass is 418 g/mol. The first-order chi connectivity index (χ1) is 14.3. The maximum Gasteiger partial charge on any atom is 0.416 e. The number of ether oxygens (including phenoxy) is 1. The van der Waals surface area contributed by atoms with Gasteiger partial charge in [-0.25, -0.2) is 0 Å². The van der Waals surface area contributed by atoms with Gasteiger partial charge in [0.1, 0.15) is 5.75 Å². The minimum atomic E-state index is -4.45. The maximum absolute atomic E-state index is 13.0. The smallest absolute Gasteiger partial charge is 0.416 e. The zero-order valence-electron chi connectivity index (χ0n) is 16.9. The van der Waals surface area contributed by atoms with Crippen molar-refractivity contribution in [2.75, 3.05) is 26.7 Å². The SMILES string of the molecule is COc1ccc(CN2CCC[C@@H]3CN(C(=O)c4cccc(C(F)(F)F)c4)C[C@@H]32)cc1. The molecule has 2 atom stereocenters. The average Bonchev–Trinajstić information content (AvgIpc) is 3.19. The van der Waals surface area contributed by atoms with E-state index < -0.39 is 11.7 Å². The van der Waals surface area contributed by atoms with Crippen LogP contribution in [0.4, 0.5) is 13.2 Å². The Labute approximate surface area is 174 Å². The van der Waals surface area contributed by atoms with E-state index in [1.807, 2.05) is 24.3 Å². The van der Waals surface area contributed by atoms with Crippen LogP contribution in [0.3, 0.4) is 0 Å². The predicted octanol–water partition coefficient (Wildman–Crippen LogP) is 4.45. The number of rotatable bonds is 4. The lowest BCUT2D eigenvalue weighted by Crippen LogP contribution is -2.44. The zero-order valence-corrected chi connectivity index (χ0v) is 16.9. The van der Waals surface area contributed by atoms with Crippen LogP contribution in [0.2, 0.25) is 0 Å². The molecule has 30 heavy (non-hydrogen) atoms. The summed E-state index contributed by atoms with van der Waals surface area (Å²) in [4.78, 5) is 17.0. The highest BCUT2D eigenvalue weighted by molar-refractivity contribution is 5.94. The summed E-state index contributed by atoms with van der Waals surface area (Å²) in [7, 11) is 1.64. The highest BCUT2D eigenvalue weighted by Crippen LogP contribution is 2.34. The van der Waals surface area contributed by atoms with E-state index in [1.54, 1.807) is 12.0 Å². The number of benzene rings is 2. The highest BCUT2D eigenvalue weighted by Gasteiger charge is 2.41. The van der Waals surface area contributed by atoms with E-state index in [4.69, 9.17) is 4.74 Å². The van der Waals surface area contributed by atoms with Crippen LogP contribution >= 0.6 is 0 Å². The van der Waals surface area contributed by atoms with Crippen LogP contribution in [-0.4, -0.2) is 48.5 Å². The quantitative estimate of drug-likeness (QED) is 0.736. The van der Waals surface area contributed by atoms with Gasteiger partial charge in [-0.1, -0.05) is 18.2 Å². The van der Waals surface area contributed by atoms with Crippen molar-refractivity contribution in [3.05, 3.63) is 65.2 Å². The van der Waals surface area contributed by atoms with Crippen LogP contribution in [0.5, 0.6) is 5.75 Å². The first-order valence-electron chi connectivity index (χ1n) is 10.2. The Morgan fingerprint density at radius 3 is 2.60 bits per heavy atom. The Morgan fingerprint density at radius 1 is 1.13 bits per heavy atom. The van der Waals surface area contributed by atoms with Gasteiger partial charge in [-0.2, -0.15) is 13.2 Å². The average molecular weight is 418 g/mol. The van der Waals surface area contributed by atoms with Crippen molar-refractivity contribution in [3.8, 4) is 5.75 Å². The number of piperidine rings is 1. The van der Waals surface area contributed by atoms with Crippen molar-refractivity contribution in [2.24, 2.45) is 5.92 Å². The predicted molar refractivity (Wildman–Crippen MR) is 107 cm³/mol. The first kappa shape index (κ1) is 20.7. The summed E-state index contributed by atoms with van der Waals surface area (Å²) in [5.74, 6) is 0.848. The largest absolute Gasteiger partial charge is 0.497 e. The van der Waals surface area contributed by atoms with Crippen molar-refractivity contribution >= 4 is 5.91 Å². The number of carbonyl (C=O) groups excluding carboxylic acids is 1. The number of carbonyl (C=O) groups is 1. The summed E-state index contributed by atoms with van der Waals surface area (Å²) >= 11 is 0. The molecule has 4 rings (SSSR count). The third-order valence-corrected chi connectivity index (χ3v) is 6.16. The Morgan fingerprint density at radius 2 is 1.90 bits per heavy atom. The van der Waals surface area contributed by atoms with Gasteiger partial charge in [-0.05, 0) is 61.2 Å². The van der Waals surface area contributed by atoms with E-state index in [0.29, 0.717) is 19.0 Å². The summed E-state index contributed by atoms with van der Waals surface area (Å²) in [6.45, 7) is 2.89. The van der Waals surface area contributed by atoms with E-state index >= 15 is 0 Å². The molecule has 1 amide bonds. The van der Waals surface area contributed by atoms with Crippen molar-refractivity contribution < 1.29 is 22.7 Å². The number of hydrogen-bond acceptors (Lipinski definition) is 3. The van der Waals surface area contributed by atoms with E-state index in [1.165, 1.54) is 17.7 Å². The van der Waals surface area contributed by atoms with Crippen LogP contribution in [0, 0.1) is 5.92 Å². The number of alkyl halides is 3. The van der Waals surface area contributed by atoms with Crippen molar-refractivity contribution in [1.82, 2.24) is 9.80 Å². The summed E-state index contributed by atoms with van der Waals surface area (Å²) in [5.41, 5.74) is 0.496. The van der Waals surface area contributed by atoms with Crippen molar-refractivity contribution in [1.29, 1.82) is 0 Å². The van der Waals surface area contributed by atoms with E-state index in [0.717, 1.165) is 43.8 Å². The molecule has 2 heterocycles. The third kappa shape index (κ3) is 4.31. The molecule has 160 valence electrons. The zero-order chi connectivity index (χ0) is 21.3. The molecule has 2 fully saturated rings. The standard InChI is InChI=1S/C23H25F3N2O2/c1-30-20-9-7-16(8-10-20)13-27-11-3-5-18-14-28(15-21(18)27)22(29)17-4-2-6-19(12-17)23(24,25)26/h2,4,6-10,12,18,21H,3,5,11,13-15H2,1H3/t18-,21+/m1/s1. The minimum Gasteiger partial charge on any atom is -0.497 e. The van der Waals surface area contributed by atoms with Gasteiger partial charge in [-0.15, -0.1) is 0 Å². The molecule has 2 aliphatic heterocycles. The normalized spacial score (nSPS) is 22.1. The third-order valence-electron chi connectivity index (χ3n) is 6.16. The molecule has 2 aromatic carbocycles. The number of methoxy groups -OCH3 is 1. The molecule has 2 aromatic rings. The highest BCUT2D eigenvalue weighted by atomic mass is 19.4. The summed E-state index contributed by atoms with van der Waals surface area (Å²) in [6, 6.07) is 12.9. The molecule has 2 aliphatic rings. The first-order valence-corrected chi connectivity index (χ1v) is 10.2. The van der Waals surface area contributed by atoms with Gasteiger partial charge < -0.3 is 9.64 Å².